The Hall–Kier alpha value is -1.71. The predicted molar refractivity (Wildman–Crippen MR) is 78.6 cm³/mol. The predicted octanol–water partition coefficient (Wildman–Crippen LogP) is 0.502. The first-order chi connectivity index (χ1) is 10.5. The molecule has 2 aromatic rings. The van der Waals surface area contributed by atoms with Crippen LogP contribution in [-0.2, 0) is 34.3 Å². The van der Waals surface area contributed by atoms with Gasteiger partial charge in [0.05, 0.1) is 19.4 Å². The fraction of sp³-hybridized carbons (Fsp3) is 0.538. The Labute approximate surface area is 128 Å². The van der Waals surface area contributed by atoms with Crippen molar-refractivity contribution in [3.05, 3.63) is 23.9 Å². The number of hydrogen-bond donors (Lipinski definition) is 0. The van der Waals surface area contributed by atoms with Crippen molar-refractivity contribution in [1.29, 1.82) is 0 Å². The smallest absolute Gasteiger partial charge is 0.211 e. The number of rotatable bonds is 5. The van der Waals surface area contributed by atoms with Gasteiger partial charge in [0.25, 0.3) is 0 Å². The van der Waals surface area contributed by atoms with Gasteiger partial charge in [0, 0.05) is 37.9 Å². The van der Waals surface area contributed by atoms with Crippen LogP contribution in [0.1, 0.15) is 11.3 Å². The van der Waals surface area contributed by atoms with E-state index in [-0.39, 0.29) is 0 Å². The van der Waals surface area contributed by atoms with Gasteiger partial charge in [-0.05, 0) is 0 Å². The summed E-state index contributed by atoms with van der Waals surface area (Å²) in [5.74, 6) is 0. The largest absolute Gasteiger partial charge is 0.451 e. The average Bonchev–Trinajstić information content (AvgIpc) is 3.11. The summed E-state index contributed by atoms with van der Waals surface area (Å²) in [5, 5.41) is 4.58. The normalized spacial score (nSPS) is 15.9. The van der Waals surface area contributed by atoms with Gasteiger partial charge in [-0.25, -0.2) is 13.4 Å². The zero-order valence-corrected chi connectivity index (χ0v) is 13.3. The lowest BCUT2D eigenvalue weighted by Gasteiger charge is -2.25. The molecule has 9 heteroatoms. The second-order valence-electron chi connectivity index (χ2n) is 5.21. The molecular weight excluding hydrogens is 308 g/mol. The molecule has 0 saturated carbocycles. The van der Waals surface area contributed by atoms with Gasteiger partial charge in [-0.15, -0.1) is 0 Å². The van der Waals surface area contributed by atoms with Crippen LogP contribution in [0.3, 0.4) is 0 Å². The van der Waals surface area contributed by atoms with Crippen molar-refractivity contribution in [3.8, 4) is 11.4 Å². The molecule has 0 aliphatic carbocycles. The molecule has 120 valence electrons. The van der Waals surface area contributed by atoms with Crippen LogP contribution in [0.2, 0.25) is 0 Å². The highest BCUT2D eigenvalue weighted by Gasteiger charge is 2.30. The third kappa shape index (κ3) is 2.79. The van der Waals surface area contributed by atoms with Crippen LogP contribution in [-0.4, -0.2) is 54.0 Å². The Kier molecular flexibility index (Phi) is 4.02. The minimum atomic E-state index is -3.23. The number of ether oxygens (including phenoxy) is 1. The van der Waals surface area contributed by atoms with Crippen molar-refractivity contribution >= 4 is 10.0 Å². The van der Waals surface area contributed by atoms with E-state index in [0.29, 0.717) is 44.0 Å². The summed E-state index contributed by atoms with van der Waals surface area (Å²) < 4.78 is 37.1. The molecule has 0 N–H and O–H groups in total. The maximum absolute atomic E-state index is 11.8. The Balaban J connectivity index is 2.03. The zero-order chi connectivity index (χ0) is 15.7. The van der Waals surface area contributed by atoms with Crippen LogP contribution in [0.25, 0.3) is 11.4 Å². The van der Waals surface area contributed by atoms with Crippen LogP contribution in [0.5, 0.6) is 0 Å². The molecule has 1 aliphatic rings. The Morgan fingerprint density at radius 2 is 2.27 bits per heavy atom. The molecule has 3 rings (SSSR count). The molecule has 0 aromatic carbocycles. The number of oxazole rings is 1. The molecule has 0 spiro atoms. The van der Waals surface area contributed by atoms with Gasteiger partial charge in [0.1, 0.15) is 17.7 Å². The molecule has 0 saturated heterocycles. The SMILES string of the molecule is COCCn1nc(-c2cocn2)c2c1CCN(S(C)(=O)=O)C2. The van der Waals surface area contributed by atoms with E-state index in [1.54, 1.807) is 7.11 Å². The van der Waals surface area contributed by atoms with Crippen molar-refractivity contribution in [2.24, 2.45) is 0 Å². The molecule has 2 aromatic heterocycles. The van der Waals surface area contributed by atoms with Crippen LogP contribution < -0.4 is 0 Å². The topological polar surface area (TPSA) is 90.5 Å². The summed E-state index contributed by atoms with van der Waals surface area (Å²) in [6.07, 6.45) is 4.70. The van der Waals surface area contributed by atoms with E-state index in [1.165, 1.54) is 23.2 Å². The first-order valence-electron chi connectivity index (χ1n) is 6.92. The minimum absolute atomic E-state index is 0.309. The summed E-state index contributed by atoms with van der Waals surface area (Å²) in [7, 11) is -1.60. The van der Waals surface area contributed by atoms with Crippen molar-refractivity contribution in [2.45, 2.75) is 19.5 Å². The maximum Gasteiger partial charge on any atom is 0.211 e. The molecule has 22 heavy (non-hydrogen) atoms. The second kappa shape index (κ2) is 5.82. The van der Waals surface area contributed by atoms with Crippen LogP contribution in [0.15, 0.2) is 17.1 Å². The number of aromatic nitrogens is 3. The monoisotopic (exact) mass is 326 g/mol. The molecule has 0 unspecified atom stereocenters. The molecule has 0 radical (unpaired) electrons. The van der Waals surface area contributed by atoms with Crippen molar-refractivity contribution < 1.29 is 17.6 Å². The third-order valence-electron chi connectivity index (χ3n) is 3.75. The number of hydrogen-bond acceptors (Lipinski definition) is 6. The summed E-state index contributed by atoms with van der Waals surface area (Å²) in [6, 6.07) is 0. The minimum Gasteiger partial charge on any atom is -0.451 e. The lowest BCUT2D eigenvalue weighted by Crippen LogP contribution is -2.35. The average molecular weight is 326 g/mol. The van der Waals surface area contributed by atoms with Crippen molar-refractivity contribution in [2.75, 3.05) is 26.5 Å². The molecule has 0 amide bonds. The van der Waals surface area contributed by atoms with Crippen molar-refractivity contribution in [3.63, 3.8) is 0 Å². The van der Waals surface area contributed by atoms with Gasteiger partial charge in [-0.2, -0.15) is 9.40 Å². The fourth-order valence-electron chi connectivity index (χ4n) is 2.65. The van der Waals surface area contributed by atoms with Gasteiger partial charge in [-0.1, -0.05) is 0 Å². The van der Waals surface area contributed by atoms with Gasteiger partial charge in [0.15, 0.2) is 6.39 Å². The van der Waals surface area contributed by atoms with Crippen LogP contribution in [0, 0.1) is 0 Å². The summed E-state index contributed by atoms with van der Waals surface area (Å²) >= 11 is 0. The fourth-order valence-corrected chi connectivity index (χ4v) is 3.43. The van der Waals surface area contributed by atoms with E-state index >= 15 is 0 Å². The Morgan fingerprint density at radius 1 is 1.45 bits per heavy atom. The second-order valence-corrected chi connectivity index (χ2v) is 7.19. The van der Waals surface area contributed by atoms with Crippen LogP contribution >= 0.6 is 0 Å². The van der Waals surface area contributed by atoms with Gasteiger partial charge < -0.3 is 9.15 Å². The first kappa shape index (κ1) is 15.2. The summed E-state index contributed by atoms with van der Waals surface area (Å²) in [6.45, 7) is 1.93. The summed E-state index contributed by atoms with van der Waals surface area (Å²) in [5.41, 5.74) is 3.22. The molecule has 0 atom stereocenters. The molecule has 8 nitrogen and oxygen atoms in total. The van der Waals surface area contributed by atoms with E-state index in [9.17, 15) is 8.42 Å². The molecule has 1 aliphatic heterocycles. The van der Waals surface area contributed by atoms with E-state index < -0.39 is 10.0 Å². The Morgan fingerprint density at radius 3 is 2.91 bits per heavy atom. The molecule has 3 heterocycles. The zero-order valence-electron chi connectivity index (χ0n) is 12.5. The first-order valence-corrected chi connectivity index (χ1v) is 8.76. The van der Waals surface area contributed by atoms with Crippen LogP contribution in [0.4, 0.5) is 0 Å². The van der Waals surface area contributed by atoms with E-state index in [1.807, 2.05) is 4.68 Å². The number of nitrogens with zero attached hydrogens (tertiary/aromatic N) is 4. The molecule has 0 fully saturated rings. The third-order valence-corrected chi connectivity index (χ3v) is 5.00. The van der Waals surface area contributed by atoms with Crippen molar-refractivity contribution in [1.82, 2.24) is 19.1 Å². The maximum atomic E-state index is 11.8. The van der Waals surface area contributed by atoms with E-state index in [4.69, 9.17) is 9.15 Å². The number of fused-ring (bicyclic) bond motifs is 1. The highest BCUT2D eigenvalue weighted by Crippen LogP contribution is 2.30. The van der Waals surface area contributed by atoms with E-state index in [0.717, 1.165) is 11.3 Å². The van der Waals surface area contributed by atoms with Gasteiger partial charge >= 0.3 is 0 Å². The quantitative estimate of drug-likeness (QED) is 0.795. The standard InChI is InChI=1S/C13H18N4O4S/c1-20-6-5-17-12-3-4-16(22(2,18)19)7-10(12)13(15-17)11-8-21-9-14-11/h8-9H,3-7H2,1-2H3. The molecular formula is C13H18N4O4S. The summed E-state index contributed by atoms with van der Waals surface area (Å²) in [4.78, 5) is 4.13. The lowest BCUT2D eigenvalue weighted by atomic mass is 10.1. The highest BCUT2D eigenvalue weighted by molar-refractivity contribution is 7.88. The highest BCUT2D eigenvalue weighted by atomic mass is 32.2. The number of methoxy groups -OCH3 is 1. The van der Waals surface area contributed by atoms with Gasteiger partial charge in [-0.3, -0.25) is 4.68 Å². The van der Waals surface area contributed by atoms with E-state index in [2.05, 4.69) is 10.1 Å². The Bertz CT molecular complexity index is 751. The lowest BCUT2D eigenvalue weighted by molar-refractivity contribution is 0.182. The van der Waals surface area contributed by atoms with Gasteiger partial charge in [0.2, 0.25) is 10.0 Å². The number of sulfonamides is 1. The molecule has 0 bridgehead atoms.